The molecule has 1 fully saturated rings. The Hall–Kier alpha value is -1.26. The molecule has 5 heteroatoms. The number of piperidine rings is 1. The van der Waals surface area contributed by atoms with Gasteiger partial charge in [0.1, 0.15) is 12.4 Å². The summed E-state index contributed by atoms with van der Waals surface area (Å²) >= 11 is 5.83. The molecule has 0 spiro atoms. The second-order valence-electron chi connectivity index (χ2n) is 5.19. The molecule has 1 aliphatic heterocycles. The van der Waals surface area contributed by atoms with E-state index in [0.717, 1.165) is 38.2 Å². The number of esters is 1. The standard InChI is InChI=1S/C16H22ClNO3/c1-2-20-16(19)13-4-3-9-18(12-13)10-11-21-15-7-5-14(17)6-8-15/h5-8,13H,2-4,9-12H2,1H3/t13-/m1/s1. The summed E-state index contributed by atoms with van der Waals surface area (Å²) in [5.74, 6) is 0.758. The number of ether oxygens (including phenoxy) is 2. The lowest BCUT2D eigenvalue weighted by molar-refractivity contribution is -0.150. The first kappa shape index (κ1) is 16.1. The average Bonchev–Trinajstić information content (AvgIpc) is 2.50. The fraction of sp³-hybridized carbons (Fsp3) is 0.562. The number of hydrogen-bond donors (Lipinski definition) is 0. The summed E-state index contributed by atoms with van der Waals surface area (Å²) in [6, 6.07) is 7.35. The number of nitrogens with zero attached hydrogens (tertiary/aromatic N) is 1. The molecule has 4 nitrogen and oxygen atoms in total. The lowest BCUT2D eigenvalue weighted by Gasteiger charge is -2.31. The predicted octanol–water partition coefficient (Wildman–Crippen LogP) is 2.99. The van der Waals surface area contributed by atoms with Crippen LogP contribution in [0.4, 0.5) is 0 Å². The van der Waals surface area contributed by atoms with Crippen molar-refractivity contribution in [3.05, 3.63) is 29.3 Å². The Balaban J connectivity index is 1.72. The Morgan fingerprint density at radius 2 is 2.14 bits per heavy atom. The number of rotatable bonds is 6. The lowest BCUT2D eigenvalue weighted by Crippen LogP contribution is -2.41. The summed E-state index contributed by atoms with van der Waals surface area (Å²) in [6.07, 6.45) is 1.96. The molecule has 2 rings (SSSR count). The van der Waals surface area contributed by atoms with Gasteiger partial charge in [-0.05, 0) is 50.6 Å². The second-order valence-corrected chi connectivity index (χ2v) is 5.63. The monoisotopic (exact) mass is 311 g/mol. The van der Waals surface area contributed by atoms with Crippen LogP contribution in [0.15, 0.2) is 24.3 Å². The van der Waals surface area contributed by atoms with E-state index in [0.29, 0.717) is 18.2 Å². The summed E-state index contributed by atoms with van der Waals surface area (Å²) in [5, 5.41) is 0.704. The van der Waals surface area contributed by atoms with Gasteiger partial charge >= 0.3 is 5.97 Å². The van der Waals surface area contributed by atoms with E-state index in [9.17, 15) is 4.79 Å². The fourth-order valence-electron chi connectivity index (χ4n) is 2.53. The molecule has 0 saturated carbocycles. The number of likely N-dealkylation sites (tertiary alicyclic amines) is 1. The van der Waals surface area contributed by atoms with Gasteiger partial charge in [0, 0.05) is 18.1 Å². The van der Waals surface area contributed by atoms with Gasteiger partial charge in [0.15, 0.2) is 0 Å². The topological polar surface area (TPSA) is 38.8 Å². The van der Waals surface area contributed by atoms with Crippen LogP contribution < -0.4 is 4.74 Å². The van der Waals surface area contributed by atoms with Gasteiger partial charge in [0.05, 0.1) is 12.5 Å². The van der Waals surface area contributed by atoms with Crippen molar-refractivity contribution in [2.24, 2.45) is 5.92 Å². The van der Waals surface area contributed by atoms with Crippen molar-refractivity contribution in [3.63, 3.8) is 0 Å². The van der Waals surface area contributed by atoms with Gasteiger partial charge in [0.2, 0.25) is 0 Å². The molecule has 0 aromatic heterocycles. The van der Waals surface area contributed by atoms with Crippen LogP contribution in [0.2, 0.25) is 5.02 Å². The average molecular weight is 312 g/mol. The molecular weight excluding hydrogens is 290 g/mol. The van der Waals surface area contributed by atoms with Crippen LogP contribution in [-0.2, 0) is 9.53 Å². The highest BCUT2D eigenvalue weighted by atomic mass is 35.5. The normalized spacial score (nSPS) is 19.2. The molecular formula is C16H22ClNO3. The van der Waals surface area contributed by atoms with Crippen LogP contribution in [0.1, 0.15) is 19.8 Å². The summed E-state index contributed by atoms with van der Waals surface area (Å²) < 4.78 is 10.8. The van der Waals surface area contributed by atoms with E-state index in [1.807, 2.05) is 31.2 Å². The maximum Gasteiger partial charge on any atom is 0.310 e. The van der Waals surface area contributed by atoms with Crippen LogP contribution in [0.3, 0.4) is 0 Å². The third kappa shape index (κ3) is 5.21. The zero-order valence-electron chi connectivity index (χ0n) is 12.4. The predicted molar refractivity (Wildman–Crippen MR) is 82.7 cm³/mol. The van der Waals surface area contributed by atoms with E-state index >= 15 is 0 Å². The van der Waals surface area contributed by atoms with E-state index in [1.165, 1.54) is 0 Å². The largest absolute Gasteiger partial charge is 0.492 e. The quantitative estimate of drug-likeness (QED) is 0.757. The van der Waals surface area contributed by atoms with E-state index in [4.69, 9.17) is 21.1 Å². The van der Waals surface area contributed by atoms with Gasteiger partial charge in [0.25, 0.3) is 0 Å². The highest BCUT2D eigenvalue weighted by Crippen LogP contribution is 2.18. The van der Waals surface area contributed by atoms with Crippen molar-refractivity contribution in [2.45, 2.75) is 19.8 Å². The Kier molecular flexibility index (Phi) is 6.33. The van der Waals surface area contributed by atoms with Crippen LogP contribution in [-0.4, -0.2) is 43.7 Å². The molecule has 1 atom stereocenters. The smallest absolute Gasteiger partial charge is 0.310 e. The van der Waals surface area contributed by atoms with Gasteiger partial charge in [-0.1, -0.05) is 11.6 Å². The number of halogens is 1. The molecule has 0 N–H and O–H groups in total. The van der Waals surface area contributed by atoms with Crippen molar-refractivity contribution in [1.82, 2.24) is 4.90 Å². The molecule has 0 bridgehead atoms. The molecule has 1 saturated heterocycles. The van der Waals surface area contributed by atoms with Crippen LogP contribution >= 0.6 is 11.6 Å². The van der Waals surface area contributed by atoms with Gasteiger partial charge in [-0.25, -0.2) is 0 Å². The number of carbonyl (C=O) groups excluding carboxylic acids is 1. The van der Waals surface area contributed by atoms with E-state index in [-0.39, 0.29) is 11.9 Å². The summed E-state index contributed by atoms with van der Waals surface area (Å²) in [4.78, 5) is 14.0. The van der Waals surface area contributed by atoms with Gasteiger partial charge in [-0.2, -0.15) is 0 Å². The van der Waals surface area contributed by atoms with E-state index < -0.39 is 0 Å². The fourth-order valence-corrected chi connectivity index (χ4v) is 2.66. The highest BCUT2D eigenvalue weighted by molar-refractivity contribution is 6.30. The molecule has 0 unspecified atom stereocenters. The Labute approximate surface area is 131 Å². The van der Waals surface area contributed by atoms with Gasteiger partial charge in [-0.3, -0.25) is 9.69 Å². The lowest BCUT2D eigenvalue weighted by atomic mass is 9.98. The number of hydrogen-bond acceptors (Lipinski definition) is 4. The highest BCUT2D eigenvalue weighted by Gasteiger charge is 2.26. The molecule has 1 aromatic carbocycles. The first-order chi connectivity index (χ1) is 10.2. The molecule has 0 amide bonds. The minimum absolute atomic E-state index is 0.00855. The maximum absolute atomic E-state index is 11.8. The first-order valence-corrected chi connectivity index (χ1v) is 7.84. The molecule has 116 valence electrons. The van der Waals surface area contributed by atoms with E-state index in [2.05, 4.69) is 4.90 Å². The first-order valence-electron chi connectivity index (χ1n) is 7.46. The van der Waals surface area contributed by atoms with Crippen molar-refractivity contribution in [3.8, 4) is 5.75 Å². The minimum Gasteiger partial charge on any atom is -0.492 e. The number of benzene rings is 1. The summed E-state index contributed by atoms with van der Waals surface area (Å²) in [5.41, 5.74) is 0. The van der Waals surface area contributed by atoms with Crippen LogP contribution in [0, 0.1) is 5.92 Å². The summed E-state index contributed by atoms with van der Waals surface area (Å²) in [7, 11) is 0. The zero-order valence-corrected chi connectivity index (χ0v) is 13.1. The van der Waals surface area contributed by atoms with Gasteiger partial charge in [-0.15, -0.1) is 0 Å². The molecule has 1 heterocycles. The number of carbonyl (C=O) groups is 1. The zero-order chi connectivity index (χ0) is 15.1. The van der Waals surface area contributed by atoms with Crippen molar-refractivity contribution < 1.29 is 14.3 Å². The summed E-state index contributed by atoms with van der Waals surface area (Å²) in [6.45, 7) is 5.51. The van der Waals surface area contributed by atoms with Crippen molar-refractivity contribution in [1.29, 1.82) is 0 Å². The third-order valence-corrected chi connectivity index (χ3v) is 3.87. The van der Waals surface area contributed by atoms with Crippen LogP contribution in [0.5, 0.6) is 5.75 Å². The molecule has 0 radical (unpaired) electrons. The Morgan fingerprint density at radius 1 is 1.38 bits per heavy atom. The van der Waals surface area contributed by atoms with Gasteiger partial charge < -0.3 is 9.47 Å². The maximum atomic E-state index is 11.8. The molecule has 0 aliphatic carbocycles. The van der Waals surface area contributed by atoms with Crippen molar-refractivity contribution >= 4 is 17.6 Å². The third-order valence-electron chi connectivity index (χ3n) is 3.62. The molecule has 1 aromatic rings. The molecule has 21 heavy (non-hydrogen) atoms. The van der Waals surface area contributed by atoms with Crippen LogP contribution in [0.25, 0.3) is 0 Å². The minimum atomic E-state index is -0.0687. The Morgan fingerprint density at radius 3 is 2.86 bits per heavy atom. The Bertz CT molecular complexity index is 449. The van der Waals surface area contributed by atoms with E-state index in [1.54, 1.807) is 0 Å². The van der Waals surface area contributed by atoms with Crippen molar-refractivity contribution in [2.75, 3.05) is 32.8 Å². The SMILES string of the molecule is CCOC(=O)[C@@H]1CCCN(CCOc2ccc(Cl)cc2)C1. The second kappa shape index (κ2) is 8.25. The molecule has 1 aliphatic rings.